The Labute approximate surface area is 166 Å². The molecule has 1 aliphatic heterocycles. The van der Waals surface area contributed by atoms with Gasteiger partial charge in [-0.05, 0) is 37.5 Å². The van der Waals surface area contributed by atoms with E-state index in [1.807, 2.05) is 0 Å². The van der Waals surface area contributed by atoms with Crippen LogP contribution in [0.3, 0.4) is 0 Å². The first-order valence-electron chi connectivity index (χ1n) is 9.68. The van der Waals surface area contributed by atoms with Crippen LogP contribution in [0.1, 0.15) is 37.7 Å². The number of likely N-dealkylation sites (tertiary alicyclic amines) is 1. The number of ether oxygens (including phenoxy) is 1. The largest absolute Gasteiger partial charge is 0.384 e. The third-order valence-electron chi connectivity index (χ3n) is 6.33. The Morgan fingerprint density at radius 2 is 2.04 bits per heavy atom. The first-order valence-corrected chi connectivity index (χ1v) is 9.68. The number of aromatic nitrogens is 2. The molecule has 0 spiro atoms. The molecule has 1 aromatic rings. The van der Waals surface area contributed by atoms with E-state index in [1.165, 1.54) is 12.8 Å². The number of hydrogen-bond acceptors (Lipinski definition) is 6. The summed E-state index contributed by atoms with van der Waals surface area (Å²) in [6.07, 6.45) is 9.18. The van der Waals surface area contributed by atoms with Gasteiger partial charge < -0.3 is 15.8 Å². The van der Waals surface area contributed by atoms with Gasteiger partial charge in [-0.3, -0.25) is 9.69 Å². The number of nitrogens with one attached hydrogen (secondary N) is 1. The number of nitrogens with two attached hydrogens (primary N) is 1. The van der Waals surface area contributed by atoms with Gasteiger partial charge in [0, 0.05) is 50.7 Å². The zero-order chi connectivity index (χ0) is 18.1. The molecule has 2 aliphatic carbocycles. The maximum absolute atomic E-state index is 12.9. The van der Waals surface area contributed by atoms with E-state index in [-0.39, 0.29) is 29.8 Å². The highest BCUT2D eigenvalue weighted by Gasteiger charge is 2.48. The van der Waals surface area contributed by atoms with E-state index in [0.29, 0.717) is 18.5 Å². The average molecular weight is 396 g/mol. The summed E-state index contributed by atoms with van der Waals surface area (Å²) in [5, 5.41) is 3.39. The summed E-state index contributed by atoms with van der Waals surface area (Å²) in [6.45, 7) is 3.25. The second kappa shape index (κ2) is 8.29. The fourth-order valence-electron chi connectivity index (χ4n) is 4.54. The lowest BCUT2D eigenvalue weighted by atomic mass is 9.68. The molecule has 8 heteroatoms. The van der Waals surface area contributed by atoms with Gasteiger partial charge in [0.25, 0.3) is 0 Å². The van der Waals surface area contributed by atoms with Crippen molar-refractivity contribution in [3.8, 4) is 0 Å². The van der Waals surface area contributed by atoms with Crippen LogP contribution in [0.5, 0.6) is 0 Å². The quantitative estimate of drug-likeness (QED) is 0.728. The summed E-state index contributed by atoms with van der Waals surface area (Å²) >= 11 is 0. The predicted molar refractivity (Wildman–Crippen MR) is 105 cm³/mol. The molecule has 2 heterocycles. The number of halogens is 1. The van der Waals surface area contributed by atoms with Gasteiger partial charge in [-0.15, -0.1) is 12.4 Å². The second-order valence-corrected chi connectivity index (χ2v) is 8.29. The van der Waals surface area contributed by atoms with Crippen molar-refractivity contribution < 1.29 is 9.53 Å². The smallest absolute Gasteiger partial charge is 0.228 e. The van der Waals surface area contributed by atoms with Crippen molar-refractivity contribution in [2.24, 2.45) is 17.3 Å². The van der Waals surface area contributed by atoms with Crippen molar-refractivity contribution in [1.82, 2.24) is 20.2 Å². The van der Waals surface area contributed by atoms with Gasteiger partial charge in [0.1, 0.15) is 0 Å². The Kier molecular flexibility index (Phi) is 6.23. The summed E-state index contributed by atoms with van der Waals surface area (Å²) in [7, 11) is 1.69. The normalized spacial score (nSPS) is 26.9. The first-order chi connectivity index (χ1) is 12.6. The van der Waals surface area contributed by atoms with Crippen molar-refractivity contribution >= 4 is 24.3 Å². The molecule has 1 amide bonds. The van der Waals surface area contributed by atoms with Crippen molar-refractivity contribution in [3.05, 3.63) is 18.0 Å². The standard InChI is InChI=1S/C19H29N5O2.ClH/c1-26-12-19(5-2-6-19)17(25)23-16-11-24(10-15(16)14-3-4-14)9-13-7-21-18(20)22-8-13;/h7-8,14-16H,2-6,9-12H2,1H3,(H,23,25)(H2,20,21,22);1H/t15-,16+;/m1./s1. The van der Waals surface area contributed by atoms with Crippen LogP contribution in [-0.4, -0.2) is 53.6 Å². The lowest BCUT2D eigenvalue weighted by Crippen LogP contribution is -2.53. The highest BCUT2D eigenvalue weighted by atomic mass is 35.5. The molecule has 3 fully saturated rings. The summed E-state index contributed by atoms with van der Waals surface area (Å²) < 4.78 is 5.34. The molecule has 1 aromatic heterocycles. The molecule has 150 valence electrons. The van der Waals surface area contributed by atoms with E-state index in [2.05, 4.69) is 20.2 Å². The zero-order valence-corrected chi connectivity index (χ0v) is 16.7. The molecule has 3 N–H and O–H groups in total. The van der Waals surface area contributed by atoms with Gasteiger partial charge in [-0.25, -0.2) is 9.97 Å². The molecule has 0 unspecified atom stereocenters. The van der Waals surface area contributed by atoms with Crippen LogP contribution in [-0.2, 0) is 16.1 Å². The molecule has 7 nitrogen and oxygen atoms in total. The molecule has 4 rings (SSSR count). The van der Waals surface area contributed by atoms with Gasteiger partial charge >= 0.3 is 0 Å². The van der Waals surface area contributed by atoms with Crippen LogP contribution in [0.25, 0.3) is 0 Å². The number of nitrogen functional groups attached to an aromatic ring is 1. The third-order valence-corrected chi connectivity index (χ3v) is 6.33. The number of carbonyl (C=O) groups excluding carboxylic acids is 1. The van der Waals surface area contributed by atoms with Gasteiger partial charge in [0.2, 0.25) is 11.9 Å². The lowest BCUT2D eigenvalue weighted by Gasteiger charge is -2.40. The van der Waals surface area contributed by atoms with Gasteiger partial charge in [-0.2, -0.15) is 0 Å². The number of hydrogen-bond donors (Lipinski definition) is 2. The molecule has 0 aromatic carbocycles. The minimum Gasteiger partial charge on any atom is -0.384 e. The Morgan fingerprint density at radius 3 is 2.59 bits per heavy atom. The molecular formula is C19H30ClN5O2. The summed E-state index contributed by atoms with van der Waals surface area (Å²) in [4.78, 5) is 23.5. The van der Waals surface area contributed by atoms with Crippen LogP contribution in [0, 0.1) is 17.3 Å². The molecular weight excluding hydrogens is 366 g/mol. The van der Waals surface area contributed by atoms with Gasteiger partial charge in [0.05, 0.1) is 12.0 Å². The number of carbonyl (C=O) groups is 1. The van der Waals surface area contributed by atoms with Gasteiger partial charge in [0.15, 0.2) is 0 Å². The molecule has 2 atom stereocenters. The van der Waals surface area contributed by atoms with Crippen molar-refractivity contribution in [1.29, 1.82) is 0 Å². The minimum atomic E-state index is -0.291. The Bertz CT molecular complexity index is 648. The predicted octanol–water partition coefficient (Wildman–Crippen LogP) is 1.62. The van der Waals surface area contributed by atoms with E-state index in [1.54, 1.807) is 19.5 Å². The van der Waals surface area contributed by atoms with Crippen LogP contribution in [0.4, 0.5) is 5.95 Å². The highest BCUT2D eigenvalue weighted by Crippen LogP contribution is 2.44. The van der Waals surface area contributed by atoms with Crippen LogP contribution in [0.15, 0.2) is 12.4 Å². The van der Waals surface area contributed by atoms with E-state index in [0.717, 1.165) is 50.4 Å². The zero-order valence-electron chi connectivity index (χ0n) is 15.9. The summed E-state index contributed by atoms with van der Waals surface area (Å²) in [6, 6.07) is 0.235. The molecule has 0 bridgehead atoms. The van der Waals surface area contributed by atoms with Crippen LogP contribution < -0.4 is 11.1 Å². The first kappa shape index (κ1) is 20.3. The maximum Gasteiger partial charge on any atom is 0.228 e. The number of nitrogens with zero attached hydrogens (tertiary/aromatic N) is 3. The van der Waals surface area contributed by atoms with E-state index in [9.17, 15) is 4.79 Å². The second-order valence-electron chi connectivity index (χ2n) is 8.29. The van der Waals surface area contributed by atoms with Crippen molar-refractivity contribution in [2.75, 3.05) is 32.5 Å². The fraction of sp³-hybridized carbons (Fsp3) is 0.737. The SMILES string of the molecule is COCC1(C(=O)N[C@H]2CN(Cc3cnc(N)nc3)C[C@@H]2C2CC2)CCC1.Cl. The number of anilines is 1. The number of amides is 1. The maximum atomic E-state index is 12.9. The summed E-state index contributed by atoms with van der Waals surface area (Å²) in [5.41, 5.74) is 6.35. The third kappa shape index (κ3) is 4.36. The number of rotatable bonds is 7. The monoisotopic (exact) mass is 395 g/mol. The average Bonchev–Trinajstić information content (AvgIpc) is 3.36. The molecule has 1 saturated heterocycles. The number of methoxy groups -OCH3 is 1. The Hall–Kier alpha value is -1.44. The van der Waals surface area contributed by atoms with E-state index in [4.69, 9.17) is 10.5 Å². The van der Waals surface area contributed by atoms with Gasteiger partial charge in [-0.1, -0.05) is 6.42 Å². The van der Waals surface area contributed by atoms with Crippen molar-refractivity contribution in [3.63, 3.8) is 0 Å². The Morgan fingerprint density at radius 1 is 1.33 bits per heavy atom. The van der Waals surface area contributed by atoms with E-state index >= 15 is 0 Å². The van der Waals surface area contributed by atoms with Crippen molar-refractivity contribution in [2.45, 2.75) is 44.7 Å². The topological polar surface area (TPSA) is 93.4 Å². The fourth-order valence-corrected chi connectivity index (χ4v) is 4.54. The molecule has 27 heavy (non-hydrogen) atoms. The minimum absolute atomic E-state index is 0. The molecule has 0 radical (unpaired) electrons. The Balaban J connectivity index is 0.00000210. The van der Waals surface area contributed by atoms with Crippen LogP contribution in [0.2, 0.25) is 0 Å². The highest BCUT2D eigenvalue weighted by molar-refractivity contribution is 5.85. The lowest BCUT2D eigenvalue weighted by molar-refractivity contribution is -0.141. The molecule has 3 aliphatic rings. The van der Waals surface area contributed by atoms with Crippen LogP contribution >= 0.6 is 12.4 Å². The molecule has 2 saturated carbocycles. The summed E-state index contributed by atoms with van der Waals surface area (Å²) in [5.74, 6) is 1.81. The van der Waals surface area contributed by atoms with E-state index < -0.39 is 0 Å².